The van der Waals surface area contributed by atoms with Crippen LogP contribution in [0.15, 0.2) is 18.2 Å². The van der Waals surface area contributed by atoms with E-state index in [0.29, 0.717) is 6.54 Å². The second-order valence-corrected chi connectivity index (χ2v) is 4.63. The maximum Gasteiger partial charge on any atom is 0.335 e. The first-order valence-electron chi connectivity index (χ1n) is 6.16. The van der Waals surface area contributed by atoms with Crippen LogP contribution in [0.2, 0.25) is 0 Å². The van der Waals surface area contributed by atoms with Crippen LogP contribution in [0.25, 0.3) is 0 Å². The molecule has 1 aromatic heterocycles. The van der Waals surface area contributed by atoms with Gasteiger partial charge in [-0.3, -0.25) is 4.68 Å². The molecule has 0 aliphatic heterocycles. The molecule has 0 spiro atoms. The third-order valence-electron chi connectivity index (χ3n) is 3.33. The molecule has 0 aliphatic carbocycles. The zero-order valence-corrected chi connectivity index (χ0v) is 11.6. The van der Waals surface area contributed by atoms with Crippen molar-refractivity contribution in [3.63, 3.8) is 0 Å². The van der Waals surface area contributed by atoms with Crippen molar-refractivity contribution < 1.29 is 14.3 Å². The third kappa shape index (κ3) is 2.64. The molecule has 106 valence electrons. The summed E-state index contributed by atoms with van der Waals surface area (Å²) in [6, 6.07) is 3.68. The maximum absolute atomic E-state index is 13.7. The van der Waals surface area contributed by atoms with E-state index in [1.165, 1.54) is 12.1 Å². The molecule has 0 unspecified atom stereocenters. The maximum atomic E-state index is 13.7. The fraction of sp³-hybridized carbons (Fsp3) is 0.286. The van der Waals surface area contributed by atoms with Gasteiger partial charge in [0.25, 0.3) is 0 Å². The average molecular weight is 277 g/mol. The number of aryl methyl sites for hydroxylation is 2. The number of rotatable bonds is 4. The van der Waals surface area contributed by atoms with Gasteiger partial charge in [-0.05, 0) is 32.0 Å². The van der Waals surface area contributed by atoms with E-state index in [0.717, 1.165) is 23.0 Å². The van der Waals surface area contributed by atoms with Gasteiger partial charge in [-0.2, -0.15) is 5.10 Å². The normalized spacial score (nSPS) is 10.6. The zero-order chi connectivity index (χ0) is 14.9. The van der Waals surface area contributed by atoms with Crippen molar-refractivity contribution in [3.05, 3.63) is 46.5 Å². The molecule has 0 fully saturated rings. The van der Waals surface area contributed by atoms with Crippen LogP contribution >= 0.6 is 0 Å². The number of halogens is 1. The van der Waals surface area contributed by atoms with Gasteiger partial charge >= 0.3 is 5.97 Å². The molecule has 5 nitrogen and oxygen atoms in total. The van der Waals surface area contributed by atoms with E-state index < -0.39 is 11.8 Å². The predicted molar refractivity (Wildman–Crippen MR) is 73.4 cm³/mol. The molecule has 0 radical (unpaired) electrons. The second-order valence-electron chi connectivity index (χ2n) is 4.63. The Balaban J connectivity index is 2.22. The van der Waals surface area contributed by atoms with Crippen molar-refractivity contribution in [1.29, 1.82) is 0 Å². The van der Waals surface area contributed by atoms with Crippen molar-refractivity contribution in [2.45, 2.75) is 20.4 Å². The fourth-order valence-electron chi connectivity index (χ4n) is 2.05. The lowest BCUT2D eigenvalue weighted by molar-refractivity contribution is 0.0697. The number of benzene rings is 1. The minimum absolute atomic E-state index is 0.0496. The average Bonchev–Trinajstić information content (AvgIpc) is 2.63. The largest absolute Gasteiger partial charge is 0.478 e. The van der Waals surface area contributed by atoms with Gasteiger partial charge in [0.15, 0.2) is 0 Å². The van der Waals surface area contributed by atoms with Crippen LogP contribution in [-0.2, 0) is 13.6 Å². The minimum atomic E-state index is -1.08. The zero-order valence-electron chi connectivity index (χ0n) is 11.6. The summed E-state index contributed by atoms with van der Waals surface area (Å²) in [7, 11) is 1.84. The number of hydrogen-bond donors (Lipinski definition) is 2. The Labute approximate surface area is 116 Å². The number of carbonyl (C=O) groups is 1. The van der Waals surface area contributed by atoms with Gasteiger partial charge < -0.3 is 10.4 Å². The number of anilines is 1. The smallest absolute Gasteiger partial charge is 0.335 e. The molecule has 6 heteroatoms. The van der Waals surface area contributed by atoms with E-state index >= 15 is 0 Å². The number of aromatic carboxylic acids is 1. The van der Waals surface area contributed by atoms with Gasteiger partial charge in [0.05, 0.1) is 16.9 Å². The number of aromatic nitrogens is 2. The van der Waals surface area contributed by atoms with Gasteiger partial charge in [0, 0.05) is 24.8 Å². The van der Waals surface area contributed by atoms with Crippen LogP contribution in [0, 0.1) is 19.7 Å². The molecule has 0 saturated carbocycles. The van der Waals surface area contributed by atoms with Crippen LogP contribution in [0.3, 0.4) is 0 Å². The summed E-state index contributed by atoms with van der Waals surface area (Å²) < 4.78 is 15.4. The van der Waals surface area contributed by atoms with Crippen LogP contribution in [0.4, 0.5) is 10.1 Å². The molecular formula is C14H16FN3O2. The lowest BCUT2D eigenvalue weighted by atomic mass is 10.1. The lowest BCUT2D eigenvalue weighted by Gasteiger charge is -2.09. The highest BCUT2D eigenvalue weighted by atomic mass is 19.1. The first-order chi connectivity index (χ1) is 9.40. The fourth-order valence-corrected chi connectivity index (χ4v) is 2.05. The highest BCUT2D eigenvalue weighted by Gasteiger charge is 2.12. The van der Waals surface area contributed by atoms with Crippen molar-refractivity contribution >= 4 is 11.7 Å². The molecule has 0 atom stereocenters. The number of nitrogens with one attached hydrogen (secondary N) is 1. The van der Waals surface area contributed by atoms with Crippen molar-refractivity contribution in [3.8, 4) is 0 Å². The molecule has 2 rings (SSSR count). The Morgan fingerprint density at radius 3 is 2.70 bits per heavy atom. The van der Waals surface area contributed by atoms with Crippen LogP contribution in [0.1, 0.15) is 27.3 Å². The first kappa shape index (κ1) is 14.0. The van der Waals surface area contributed by atoms with Gasteiger partial charge in [-0.25, -0.2) is 9.18 Å². The topological polar surface area (TPSA) is 67.2 Å². The third-order valence-corrected chi connectivity index (χ3v) is 3.33. The summed E-state index contributed by atoms with van der Waals surface area (Å²) in [5, 5.41) is 16.1. The summed E-state index contributed by atoms with van der Waals surface area (Å²) in [6.45, 7) is 4.21. The summed E-state index contributed by atoms with van der Waals surface area (Å²) in [5.74, 6) is -1.56. The van der Waals surface area contributed by atoms with E-state index in [4.69, 9.17) is 5.11 Å². The second kappa shape index (κ2) is 5.32. The number of carboxylic acids is 1. The summed E-state index contributed by atoms with van der Waals surface area (Å²) in [4.78, 5) is 10.9. The highest BCUT2D eigenvalue weighted by Crippen LogP contribution is 2.19. The quantitative estimate of drug-likeness (QED) is 0.901. The highest BCUT2D eigenvalue weighted by molar-refractivity contribution is 5.88. The number of nitrogens with zero attached hydrogens (tertiary/aromatic N) is 2. The van der Waals surface area contributed by atoms with Gasteiger partial charge in [-0.15, -0.1) is 0 Å². The van der Waals surface area contributed by atoms with Gasteiger partial charge in [0.2, 0.25) is 0 Å². The molecule has 2 aromatic rings. The summed E-state index contributed by atoms with van der Waals surface area (Å²) >= 11 is 0. The van der Waals surface area contributed by atoms with Crippen molar-refractivity contribution in [1.82, 2.24) is 9.78 Å². The van der Waals surface area contributed by atoms with Crippen LogP contribution < -0.4 is 5.32 Å². The molecule has 0 bridgehead atoms. The van der Waals surface area contributed by atoms with Gasteiger partial charge in [-0.1, -0.05) is 0 Å². The summed E-state index contributed by atoms with van der Waals surface area (Å²) in [5.41, 5.74) is 3.06. The molecular weight excluding hydrogens is 261 g/mol. The minimum Gasteiger partial charge on any atom is -0.478 e. The Kier molecular flexibility index (Phi) is 3.74. The number of hydrogen-bond acceptors (Lipinski definition) is 3. The first-order valence-corrected chi connectivity index (χ1v) is 6.16. The Bertz CT molecular complexity index is 665. The van der Waals surface area contributed by atoms with Crippen molar-refractivity contribution in [2.75, 3.05) is 5.32 Å². The SMILES string of the molecule is Cc1nn(C)c(C)c1CNc1cc(C(=O)O)ccc1F. The van der Waals surface area contributed by atoms with E-state index in [1.54, 1.807) is 4.68 Å². The molecule has 0 saturated heterocycles. The van der Waals surface area contributed by atoms with Crippen LogP contribution in [-0.4, -0.2) is 20.9 Å². The van der Waals surface area contributed by atoms with E-state index in [1.807, 2.05) is 20.9 Å². The van der Waals surface area contributed by atoms with Gasteiger partial charge in [0.1, 0.15) is 5.82 Å². The Hall–Kier alpha value is -2.37. The Morgan fingerprint density at radius 1 is 1.45 bits per heavy atom. The van der Waals surface area contributed by atoms with E-state index in [2.05, 4.69) is 10.4 Å². The lowest BCUT2D eigenvalue weighted by Crippen LogP contribution is -2.06. The number of carboxylic acid groups (broad SMARTS) is 1. The molecule has 0 aliphatic rings. The predicted octanol–water partition coefficient (Wildman–Crippen LogP) is 2.49. The molecule has 1 heterocycles. The van der Waals surface area contributed by atoms with E-state index in [9.17, 15) is 9.18 Å². The summed E-state index contributed by atoms with van der Waals surface area (Å²) in [6.07, 6.45) is 0. The standard InChI is InChI=1S/C14H16FN3O2/c1-8-11(9(2)18(3)17-8)7-16-13-6-10(14(19)20)4-5-12(13)15/h4-6,16H,7H2,1-3H3,(H,19,20). The molecule has 20 heavy (non-hydrogen) atoms. The van der Waals surface area contributed by atoms with Crippen LogP contribution in [0.5, 0.6) is 0 Å². The Morgan fingerprint density at radius 2 is 2.15 bits per heavy atom. The van der Waals surface area contributed by atoms with E-state index in [-0.39, 0.29) is 11.3 Å². The van der Waals surface area contributed by atoms with Crippen molar-refractivity contribution in [2.24, 2.45) is 7.05 Å². The molecule has 1 aromatic carbocycles. The molecule has 2 N–H and O–H groups in total. The monoisotopic (exact) mass is 277 g/mol. The molecule has 0 amide bonds.